The molecule has 2 aliphatic rings. The molecular weight excluding hydrogens is 342 g/mol. The van der Waals surface area contributed by atoms with Crippen molar-refractivity contribution in [2.75, 3.05) is 26.3 Å². The minimum atomic E-state index is 0.0166. The Morgan fingerprint density at radius 3 is 2.15 bits per heavy atom. The summed E-state index contributed by atoms with van der Waals surface area (Å²) in [6, 6.07) is 5.60. The fraction of sp³-hybridized carbons (Fsp3) is 0.571. The van der Waals surface area contributed by atoms with Crippen LogP contribution in [0.2, 0.25) is 0 Å². The molecule has 2 aromatic rings. The second-order valence-electron chi connectivity index (χ2n) is 7.58. The second-order valence-corrected chi connectivity index (χ2v) is 7.58. The zero-order valence-corrected chi connectivity index (χ0v) is 16.1. The van der Waals surface area contributed by atoms with Gasteiger partial charge in [-0.05, 0) is 57.7 Å². The van der Waals surface area contributed by atoms with Gasteiger partial charge in [0.2, 0.25) is 0 Å². The summed E-state index contributed by atoms with van der Waals surface area (Å²) in [4.78, 5) is 24.3. The van der Waals surface area contributed by atoms with Crippen molar-refractivity contribution in [1.29, 1.82) is 0 Å². The van der Waals surface area contributed by atoms with Crippen LogP contribution in [0.15, 0.2) is 18.2 Å². The van der Waals surface area contributed by atoms with Crippen LogP contribution in [-0.2, 0) is 9.47 Å². The van der Waals surface area contributed by atoms with Crippen LogP contribution in [0.1, 0.15) is 47.4 Å². The normalized spacial score (nSPS) is 22.4. The van der Waals surface area contributed by atoms with Crippen LogP contribution in [0.25, 0.3) is 11.0 Å². The van der Waals surface area contributed by atoms with Crippen molar-refractivity contribution in [2.45, 2.75) is 51.7 Å². The largest absolute Gasteiger partial charge is 0.376 e. The van der Waals surface area contributed by atoms with Crippen molar-refractivity contribution >= 4 is 16.9 Å². The first-order valence-corrected chi connectivity index (χ1v) is 9.87. The molecule has 2 fully saturated rings. The van der Waals surface area contributed by atoms with Gasteiger partial charge in [0.05, 0.1) is 34.6 Å². The second kappa shape index (κ2) is 7.90. The van der Waals surface area contributed by atoms with Gasteiger partial charge in [0.1, 0.15) is 0 Å². The minimum Gasteiger partial charge on any atom is -0.376 e. The molecule has 2 unspecified atom stereocenters. The van der Waals surface area contributed by atoms with E-state index in [9.17, 15) is 4.79 Å². The molecule has 1 amide bonds. The number of carbonyl (C=O) groups is 1. The van der Waals surface area contributed by atoms with E-state index < -0.39 is 0 Å². The van der Waals surface area contributed by atoms with Gasteiger partial charge in [0.15, 0.2) is 0 Å². The Balaban J connectivity index is 1.58. The van der Waals surface area contributed by atoms with Crippen molar-refractivity contribution < 1.29 is 14.3 Å². The summed E-state index contributed by atoms with van der Waals surface area (Å²) in [5.41, 5.74) is 4.04. The number of fused-ring (bicyclic) bond motifs is 1. The van der Waals surface area contributed by atoms with E-state index in [0.29, 0.717) is 18.7 Å². The molecule has 0 radical (unpaired) electrons. The molecule has 6 heteroatoms. The Morgan fingerprint density at radius 1 is 1.00 bits per heavy atom. The minimum absolute atomic E-state index is 0.0166. The Labute approximate surface area is 159 Å². The molecule has 144 valence electrons. The van der Waals surface area contributed by atoms with Gasteiger partial charge in [-0.25, -0.2) is 9.97 Å². The van der Waals surface area contributed by atoms with Crippen LogP contribution < -0.4 is 0 Å². The fourth-order valence-corrected chi connectivity index (χ4v) is 3.85. The van der Waals surface area contributed by atoms with Crippen molar-refractivity contribution in [1.82, 2.24) is 14.9 Å². The number of ether oxygens (including phenoxy) is 2. The lowest BCUT2D eigenvalue weighted by Gasteiger charge is -2.28. The average Bonchev–Trinajstić information content (AvgIpc) is 3.35. The Bertz CT molecular complexity index is 809. The SMILES string of the molecule is Cc1nc2ccc(C(=O)N(CC3CCCO3)CC3CCCO3)cc2nc1C. The molecule has 2 atom stereocenters. The molecule has 0 spiro atoms. The third-order valence-electron chi connectivity index (χ3n) is 5.51. The molecule has 27 heavy (non-hydrogen) atoms. The Morgan fingerprint density at radius 2 is 1.59 bits per heavy atom. The van der Waals surface area contributed by atoms with E-state index >= 15 is 0 Å². The number of rotatable bonds is 5. The summed E-state index contributed by atoms with van der Waals surface area (Å²) in [7, 11) is 0. The predicted molar refractivity (Wildman–Crippen MR) is 103 cm³/mol. The molecule has 1 aromatic carbocycles. The highest BCUT2D eigenvalue weighted by Crippen LogP contribution is 2.21. The molecule has 2 saturated heterocycles. The smallest absolute Gasteiger partial charge is 0.254 e. The number of benzene rings is 1. The number of hydrogen-bond acceptors (Lipinski definition) is 5. The fourth-order valence-electron chi connectivity index (χ4n) is 3.85. The molecule has 0 bridgehead atoms. The average molecular weight is 369 g/mol. The van der Waals surface area contributed by atoms with Gasteiger partial charge in [0, 0.05) is 31.9 Å². The third kappa shape index (κ3) is 4.12. The van der Waals surface area contributed by atoms with Crippen molar-refractivity contribution in [3.05, 3.63) is 35.2 Å². The number of amides is 1. The quantitative estimate of drug-likeness (QED) is 0.810. The van der Waals surface area contributed by atoms with E-state index in [4.69, 9.17) is 9.47 Å². The highest BCUT2D eigenvalue weighted by Gasteiger charge is 2.27. The number of aromatic nitrogens is 2. The Hall–Kier alpha value is -2.05. The maximum Gasteiger partial charge on any atom is 0.254 e. The van der Waals surface area contributed by atoms with E-state index in [1.807, 2.05) is 36.9 Å². The summed E-state index contributed by atoms with van der Waals surface area (Å²) in [5, 5.41) is 0. The molecular formula is C21H27N3O3. The van der Waals surface area contributed by atoms with Gasteiger partial charge in [-0.2, -0.15) is 0 Å². The highest BCUT2D eigenvalue weighted by molar-refractivity contribution is 5.97. The number of carbonyl (C=O) groups excluding carboxylic acids is 1. The molecule has 0 N–H and O–H groups in total. The van der Waals surface area contributed by atoms with Gasteiger partial charge >= 0.3 is 0 Å². The van der Waals surface area contributed by atoms with Gasteiger partial charge in [-0.15, -0.1) is 0 Å². The number of hydrogen-bond donors (Lipinski definition) is 0. The van der Waals surface area contributed by atoms with Crippen LogP contribution in [0.5, 0.6) is 0 Å². The summed E-state index contributed by atoms with van der Waals surface area (Å²) >= 11 is 0. The summed E-state index contributed by atoms with van der Waals surface area (Å²) < 4.78 is 11.6. The highest BCUT2D eigenvalue weighted by atomic mass is 16.5. The van der Waals surface area contributed by atoms with Crippen LogP contribution in [0.3, 0.4) is 0 Å². The molecule has 3 heterocycles. The molecule has 4 rings (SSSR count). The molecule has 0 saturated carbocycles. The van der Waals surface area contributed by atoms with Crippen molar-refractivity contribution in [3.8, 4) is 0 Å². The van der Waals surface area contributed by atoms with E-state index in [1.54, 1.807) is 0 Å². The monoisotopic (exact) mass is 369 g/mol. The third-order valence-corrected chi connectivity index (χ3v) is 5.51. The van der Waals surface area contributed by atoms with E-state index in [0.717, 1.165) is 61.3 Å². The molecule has 6 nitrogen and oxygen atoms in total. The molecule has 2 aliphatic heterocycles. The van der Waals surface area contributed by atoms with Gasteiger partial charge in [0.25, 0.3) is 5.91 Å². The molecule has 1 aromatic heterocycles. The van der Waals surface area contributed by atoms with E-state index in [-0.39, 0.29) is 18.1 Å². The first-order chi connectivity index (χ1) is 13.1. The van der Waals surface area contributed by atoms with Crippen LogP contribution in [-0.4, -0.2) is 59.3 Å². The Kier molecular flexibility index (Phi) is 5.36. The van der Waals surface area contributed by atoms with Crippen molar-refractivity contribution in [3.63, 3.8) is 0 Å². The van der Waals surface area contributed by atoms with Crippen LogP contribution in [0, 0.1) is 13.8 Å². The standard InChI is InChI=1S/C21H27N3O3/c1-14-15(2)23-20-11-16(7-8-19(20)22-14)21(25)24(12-17-5-3-9-26-17)13-18-6-4-10-27-18/h7-8,11,17-18H,3-6,9-10,12-13H2,1-2H3. The predicted octanol–water partition coefficient (Wildman–Crippen LogP) is 3.05. The van der Waals surface area contributed by atoms with E-state index in [1.165, 1.54) is 0 Å². The van der Waals surface area contributed by atoms with Gasteiger partial charge in [-0.1, -0.05) is 0 Å². The first-order valence-electron chi connectivity index (χ1n) is 9.87. The zero-order chi connectivity index (χ0) is 18.8. The summed E-state index contributed by atoms with van der Waals surface area (Å²) in [6.45, 7) is 6.71. The van der Waals surface area contributed by atoms with Crippen molar-refractivity contribution in [2.24, 2.45) is 0 Å². The molecule has 0 aliphatic carbocycles. The topological polar surface area (TPSA) is 64.6 Å². The summed E-state index contributed by atoms with van der Waals surface area (Å²) in [5.74, 6) is 0.0166. The number of aryl methyl sites for hydroxylation is 2. The lowest BCUT2D eigenvalue weighted by molar-refractivity contribution is 0.0307. The summed E-state index contributed by atoms with van der Waals surface area (Å²) in [6.07, 6.45) is 4.41. The van der Waals surface area contributed by atoms with Gasteiger partial charge < -0.3 is 14.4 Å². The first kappa shape index (κ1) is 18.3. The maximum atomic E-state index is 13.3. The van der Waals surface area contributed by atoms with E-state index in [2.05, 4.69) is 9.97 Å². The zero-order valence-electron chi connectivity index (χ0n) is 16.1. The van der Waals surface area contributed by atoms with Crippen LogP contribution >= 0.6 is 0 Å². The van der Waals surface area contributed by atoms with Crippen LogP contribution in [0.4, 0.5) is 0 Å². The lowest BCUT2D eigenvalue weighted by atomic mass is 10.1. The number of nitrogens with zero attached hydrogens (tertiary/aromatic N) is 3. The maximum absolute atomic E-state index is 13.3. The van der Waals surface area contributed by atoms with Gasteiger partial charge in [-0.3, -0.25) is 4.79 Å². The lowest BCUT2D eigenvalue weighted by Crippen LogP contribution is -2.42.